The van der Waals surface area contributed by atoms with Gasteiger partial charge in [0.15, 0.2) is 0 Å². The standard InChI is InChI=1S/C43H47.C2H6Si.2ClH.Zr/c1-28-26-34-32-19-11-10-17-30(32)21-22-33(34)36(28)35-20-15-25-38(4)37(3)23-12-13-24-39(37,5)43(9)40(6,42(35,38)8)27-31-18-14-16-29(2)41(31,43)7;1-3-2;;;/h10-27,31,36H,1-9H3;1-2H3;2*1H;/q-1;;;;+3/p-2. The van der Waals surface area contributed by atoms with Gasteiger partial charge in [-0.1, -0.05) is 175 Å². The Bertz CT molecular complexity index is 1880. The molecule has 8 rings (SSSR count). The second-order valence-electron chi connectivity index (χ2n) is 16.5. The number of hydrogen-bond acceptors (Lipinski definition) is 0. The first kappa shape index (κ1) is 40.3. The van der Waals surface area contributed by atoms with Gasteiger partial charge in [-0.25, -0.2) is 0 Å². The van der Waals surface area contributed by atoms with Crippen molar-refractivity contribution in [1.29, 1.82) is 0 Å². The minimum absolute atomic E-state index is 0. The molecule has 0 aliphatic heterocycles. The van der Waals surface area contributed by atoms with E-state index in [1.165, 1.54) is 33.0 Å². The van der Waals surface area contributed by atoms with Crippen LogP contribution in [0.5, 0.6) is 0 Å². The third kappa shape index (κ3) is 4.30. The van der Waals surface area contributed by atoms with Crippen LogP contribution in [-0.2, 0) is 26.2 Å². The van der Waals surface area contributed by atoms with Crippen LogP contribution in [0.3, 0.4) is 0 Å². The van der Waals surface area contributed by atoms with Crippen molar-refractivity contribution in [1.82, 2.24) is 0 Å². The zero-order chi connectivity index (χ0) is 33.1. The second-order valence-corrected chi connectivity index (χ2v) is 17.5. The quantitative estimate of drug-likeness (QED) is 0.240. The normalized spacial score (nSPS) is 41.5. The molecule has 255 valence electrons. The summed E-state index contributed by atoms with van der Waals surface area (Å²) in [5.74, 6) is 0.651. The first-order valence-corrected chi connectivity index (χ1v) is 19.5. The SMILES string of the molecule is CC1=Cc2c(ccc3ccccc23)C1C1=CC=CC2(C)C3(C)C=CC=CC3(C)C3(C)C4(C)C(C)=CC=CC4[CH-]C3(C)C12C.C[Si]C.[Cl-].[Cl-].[Zr+3]. The summed E-state index contributed by atoms with van der Waals surface area (Å²) >= 11 is 0. The zero-order valence-electron chi connectivity index (χ0n) is 31.3. The Morgan fingerprint density at radius 1 is 0.714 bits per heavy atom. The fourth-order valence-corrected chi connectivity index (χ4v) is 12.5. The third-order valence-electron chi connectivity index (χ3n) is 15.7. The summed E-state index contributed by atoms with van der Waals surface area (Å²) in [6, 6.07) is 13.7. The monoisotopic (exact) mass is 781 g/mol. The molecule has 0 bridgehead atoms. The van der Waals surface area contributed by atoms with Crippen LogP contribution in [0.4, 0.5) is 0 Å². The first-order chi connectivity index (χ1) is 21.7. The first-order valence-electron chi connectivity index (χ1n) is 17.5. The van der Waals surface area contributed by atoms with Crippen molar-refractivity contribution in [3.8, 4) is 0 Å². The van der Waals surface area contributed by atoms with Gasteiger partial charge in [-0.15, -0.1) is 17.4 Å². The molecule has 3 radical (unpaired) electrons. The number of allylic oxidation sites excluding steroid dienone is 13. The van der Waals surface area contributed by atoms with Crippen LogP contribution in [0.15, 0.2) is 114 Å². The molecule has 0 spiro atoms. The molecule has 0 saturated heterocycles. The molecule has 0 heterocycles. The van der Waals surface area contributed by atoms with E-state index in [2.05, 4.69) is 185 Å². The van der Waals surface area contributed by atoms with Crippen LogP contribution in [0.25, 0.3) is 16.8 Å². The number of benzene rings is 2. The van der Waals surface area contributed by atoms with Crippen molar-refractivity contribution in [2.75, 3.05) is 0 Å². The fourth-order valence-electron chi connectivity index (χ4n) is 12.5. The van der Waals surface area contributed by atoms with E-state index < -0.39 is 0 Å². The van der Waals surface area contributed by atoms with Crippen molar-refractivity contribution in [2.45, 2.75) is 81.3 Å². The molecule has 2 fully saturated rings. The fraction of sp³-hybridized carbons (Fsp3) is 0.444. The van der Waals surface area contributed by atoms with E-state index in [4.69, 9.17) is 0 Å². The van der Waals surface area contributed by atoms with Gasteiger partial charge in [0.2, 0.25) is 0 Å². The Labute approximate surface area is 331 Å². The summed E-state index contributed by atoms with van der Waals surface area (Å²) in [5, 5.41) is 2.70. The van der Waals surface area contributed by atoms with Gasteiger partial charge < -0.3 is 31.2 Å². The molecule has 0 N–H and O–H groups in total. The number of rotatable bonds is 1. The Kier molecular flexibility index (Phi) is 10.6. The molecule has 2 saturated carbocycles. The van der Waals surface area contributed by atoms with Crippen LogP contribution in [0.1, 0.15) is 79.4 Å². The van der Waals surface area contributed by atoms with Gasteiger partial charge in [-0.05, 0) is 57.4 Å². The average Bonchev–Trinajstić information content (AvgIpc) is 3.46. The summed E-state index contributed by atoms with van der Waals surface area (Å²) in [5.41, 5.74) is 6.80. The minimum atomic E-state index is -0.158. The topological polar surface area (TPSA) is 0 Å². The number of halogens is 2. The largest absolute Gasteiger partial charge is 3.00 e. The molecule has 4 heteroatoms. The van der Waals surface area contributed by atoms with E-state index in [9.17, 15) is 0 Å². The smallest absolute Gasteiger partial charge is 1.00 e. The Morgan fingerprint density at radius 2 is 1.33 bits per heavy atom. The van der Waals surface area contributed by atoms with Crippen LogP contribution < -0.4 is 24.8 Å². The molecule has 6 aliphatic rings. The van der Waals surface area contributed by atoms with Gasteiger partial charge in [-0.2, -0.15) is 0 Å². The molecule has 2 aromatic carbocycles. The number of fused-ring (bicyclic) bond motifs is 11. The van der Waals surface area contributed by atoms with E-state index in [0.717, 1.165) is 9.52 Å². The Morgan fingerprint density at radius 3 is 2.00 bits per heavy atom. The van der Waals surface area contributed by atoms with Crippen molar-refractivity contribution in [3.05, 3.63) is 131 Å². The van der Waals surface area contributed by atoms with E-state index in [-0.39, 0.29) is 94.8 Å². The zero-order valence-corrected chi connectivity index (χ0v) is 36.3. The van der Waals surface area contributed by atoms with E-state index in [0.29, 0.717) is 5.92 Å². The minimum Gasteiger partial charge on any atom is -1.00 e. The van der Waals surface area contributed by atoms with Crippen LogP contribution >= 0.6 is 0 Å². The maximum atomic E-state index is 2.83. The molecule has 9 atom stereocenters. The van der Waals surface area contributed by atoms with Crippen molar-refractivity contribution >= 4 is 26.4 Å². The maximum Gasteiger partial charge on any atom is 3.00 e. The predicted octanol–water partition coefficient (Wildman–Crippen LogP) is 6.16. The molecular formula is C45H53Cl2SiZr. The Hall–Kier alpha value is -1.44. The predicted molar refractivity (Wildman–Crippen MR) is 201 cm³/mol. The summed E-state index contributed by atoms with van der Waals surface area (Å²) in [6.45, 7) is 27.5. The van der Waals surface area contributed by atoms with Crippen molar-refractivity contribution in [3.63, 3.8) is 0 Å². The summed E-state index contributed by atoms with van der Waals surface area (Å²) in [4.78, 5) is 0. The van der Waals surface area contributed by atoms with E-state index in [1.54, 1.807) is 5.57 Å². The molecule has 0 aromatic heterocycles. The van der Waals surface area contributed by atoms with Crippen LogP contribution in [-0.4, -0.2) is 9.52 Å². The van der Waals surface area contributed by atoms with Crippen molar-refractivity contribution in [2.24, 2.45) is 43.8 Å². The maximum absolute atomic E-state index is 2.83. The molecule has 6 aliphatic carbocycles. The van der Waals surface area contributed by atoms with Gasteiger partial charge in [0.25, 0.3) is 0 Å². The third-order valence-corrected chi connectivity index (χ3v) is 15.7. The molecule has 2 aromatic rings. The summed E-state index contributed by atoms with van der Waals surface area (Å²) in [7, 11) is 1.08. The molecule has 0 nitrogen and oxygen atoms in total. The summed E-state index contributed by atoms with van der Waals surface area (Å²) in [6.07, 6.45) is 30.0. The van der Waals surface area contributed by atoms with Crippen molar-refractivity contribution < 1.29 is 51.0 Å². The van der Waals surface area contributed by atoms with Gasteiger partial charge in [0.05, 0.1) is 0 Å². The second kappa shape index (κ2) is 12.9. The van der Waals surface area contributed by atoms with Gasteiger partial charge >= 0.3 is 26.2 Å². The van der Waals surface area contributed by atoms with Crippen LogP contribution in [0, 0.1) is 50.2 Å². The molecule has 9 unspecified atom stereocenters. The van der Waals surface area contributed by atoms with Gasteiger partial charge in [0, 0.05) is 26.3 Å². The summed E-state index contributed by atoms with van der Waals surface area (Å²) < 4.78 is 0. The van der Waals surface area contributed by atoms with E-state index >= 15 is 0 Å². The number of hydrogen-bond donors (Lipinski definition) is 0. The van der Waals surface area contributed by atoms with Gasteiger partial charge in [-0.3, -0.25) is 0 Å². The van der Waals surface area contributed by atoms with Gasteiger partial charge in [0.1, 0.15) is 0 Å². The average molecular weight is 784 g/mol. The Balaban J connectivity index is 0.000000871. The van der Waals surface area contributed by atoms with Crippen LogP contribution in [0.2, 0.25) is 13.1 Å². The molecule has 0 amide bonds. The molecule has 49 heavy (non-hydrogen) atoms. The van der Waals surface area contributed by atoms with E-state index in [1.807, 2.05) is 0 Å². The molecular weight excluding hydrogens is 731 g/mol.